The first-order valence-electron chi connectivity index (χ1n) is 6.74. The van der Waals surface area contributed by atoms with Crippen molar-refractivity contribution < 1.29 is 14.6 Å². The van der Waals surface area contributed by atoms with Gasteiger partial charge in [0.25, 0.3) is 0 Å². The fraction of sp³-hybridized carbons (Fsp3) is 0.923. The van der Waals surface area contributed by atoms with Gasteiger partial charge in [-0.15, -0.1) is 0 Å². The summed E-state index contributed by atoms with van der Waals surface area (Å²) in [4.78, 5) is 13.2. The van der Waals surface area contributed by atoms with Crippen molar-refractivity contribution in [2.75, 3.05) is 26.8 Å². The minimum absolute atomic E-state index is 0.532. The number of hydrogen-bond acceptors (Lipinski definition) is 4. The molecule has 106 valence electrons. The Kier molecular flexibility index (Phi) is 6.05. The number of carbonyl (C=O) groups is 1. The Morgan fingerprint density at radius 1 is 1.44 bits per heavy atom. The van der Waals surface area contributed by atoms with Crippen LogP contribution < -0.4 is 5.73 Å². The van der Waals surface area contributed by atoms with E-state index in [9.17, 15) is 4.79 Å². The van der Waals surface area contributed by atoms with Crippen molar-refractivity contribution in [3.8, 4) is 0 Å². The molecular formula is C13H26N2O3. The zero-order valence-corrected chi connectivity index (χ0v) is 11.5. The maximum Gasteiger partial charge on any atom is 0.323 e. The Hall–Kier alpha value is -0.650. The maximum absolute atomic E-state index is 10.8. The third kappa shape index (κ3) is 4.92. The largest absolute Gasteiger partial charge is 0.480 e. The van der Waals surface area contributed by atoms with Crippen molar-refractivity contribution in [3.05, 3.63) is 0 Å². The summed E-state index contributed by atoms with van der Waals surface area (Å²) < 4.78 is 5.34. The normalized spacial score (nSPS) is 20.9. The second-order valence-electron chi connectivity index (χ2n) is 5.50. The predicted molar refractivity (Wildman–Crippen MR) is 70.6 cm³/mol. The summed E-state index contributed by atoms with van der Waals surface area (Å²) in [6.45, 7) is 4.29. The Balaban J connectivity index is 2.15. The van der Waals surface area contributed by atoms with Crippen LogP contribution in [0.1, 0.15) is 39.0 Å². The van der Waals surface area contributed by atoms with Gasteiger partial charge < -0.3 is 20.5 Å². The Morgan fingerprint density at radius 2 is 2.06 bits per heavy atom. The number of nitrogens with two attached hydrogens (primary N) is 1. The molecule has 3 N–H and O–H groups in total. The molecule has 0 saturated carbocycles. The molecular weight excluding hydrogens is 232 g/mol. The highest BCUT2D eigenvalue weighted by molar-refractivity contribution is 5.77. The van der Waals surface area contributed by atoms with Crippen LogP contribution in [0.25, 0.3) is 0 Å². The Bertz CT molecular complexity index is 263. The van der Waals surface area contributed by atoms with E-state index in [4.69, 9.17) is 15.6 Å². The van der Waals surface area contributed by atoms with Gasteiger partial charge in [0, 0.05) is 19.3 Å². The van der Waals surface area contributed by atoms with Gasteiger partial charge in [-0.1, -0.05) is 0 Å². The van der Waals surface area contributed by atoms with Gasteiger partial charge in [-0.25, -0.2) is 0 Å². The third-order valence-electron chi connectivity index (χ3n) is 3.76. The molecule has 5 nitrogen and oxygen atoms in total. The summed E-state index contributed by atoms with van der Waals surface area (Å²) in [5.41, 5.74) is 4.60. The SMILES string of the molecule is CN(CCCCC(C)(N)C(=O)O)C1CCOCC1. The second kappa shape index (κ2) is 7.07. The van der Waals surface area contributed by atoms with E-state index >= 15 is 0 Å². The van der Waals surface area contributed by atoms with E-state index in [0.29, 0.717) is 12.5 Å². The highest BCUT2D eigenvalue weighted by atomic mass is 16.5. The van der Waals surface area contributed by atoms with Crippen LogP contribution in [0, 0.1) is 0 Å². The van der Waals surface area contributed by atoms with Gasteiger partial charge in [-0.05, 0) is 52.6 Å². The van der Waals surface area contributed by atoms with Crippen molar-refractivity contribution >= 4 is 5.97 Å². The number of carboxylic acid groups (broad SMARTS) is 1. The number of aliphatic carboxylic acids is 1. The first-order valence-corrected chi connectivity index (χ1v) is 6.74. The summed E-state index contributed by atoms with van der Waals surface area (Å²) >= 11 is 0. The molecule has 1 rings (SSSR count). The molecule has 0 aromatic carbocycles. The minimum atomic E-state index is -1.09. The van der Waals surface area contributed by atoms with Crippen molar-refractivity contribution in [2.45, 2.75) is 50.6 Å². The van der Waals surface area contributed by atoms with Gasteiger partial charge in [0.2, 0.25) is 0 Å². The lowest BCUT2D eigenvalue weighted by atomic mass is 9.96. The second-order valence-corrected chi connectivity index (χ2v) is 5.50. The lowest BCUT2D eigenvalue weighted by Crippen LogP contribution is -2.44. The average molecular weight is 258 g/mol. The molecule has 1 heterocycles. The standard InChI is InChI=1S/C13H26N2O3/c1-13(14,12(16)17)7-3-4-8-15(2)11-5-9-18-10-6-11/h11H,3-10,14H2,1-2H3,(H,16,17). The molecule has 0 bridgehead atoms. The first-order chi connectivity index (χ1) is 8.43. The minimum Gasteiger partial charge on any atom is -0.480 e. The van der Waals surface area contributed by atoms with E-state index in [2.05, 4.69) is 11.9 Å². The van der Waals surface area contributed by atoms with E-state index in [1.807, 2.05) is 0 Å². The van der Waals surface area contributed by atoms with Crippen LogP contribution in [-0.2, 0) is 9.53 Å². The van der Waals surface area contributed by atoms with E-state index < -0.39 is 11.5 Å². The van der Waals surface area contributed by atoms with Gasteiger partial charge in [0.15, 0.2) is 0 Å². The van der Waals surface area contributed by atoms with E-state index in [-0.39, 0.29) is 0 Å². The molecule has 0 aromatic rings. The predicted octanol–water partition coefficient (Wildman–Crippen LogP) is 1.07. The number of ether oxygens (including phenoxy) is 1. The van der Waals surface area contributed by atoms with Crippen molar-refractivity contribution in [1.82, 2.24) is 4.90 Å². The smallest absolute Gasteiger partial charge is 0.323 e. The van der Waals surface area contributed by atoms with Gasteiger partial charge in [0.05, 0.1) is 0 Å². The summed E-state index contributed by atoms with van der Waals surface area (Å²) in [6.07, 6.45) is 4.57. The number of hydrogen-bond donors (Lipinski definition) is 2. The topological polar surface area (TPSA) is 75.8 Å². The molecule has 18 heavy (non-hydrogen) atoms. The van der Waals surface area contributed by atoms with Gasteiger partial charge in [0.1, 0.15) is 5.54 Å². The molecule has 5 heteroatoms. The fourth-order valence-electron chi connectivity index (χ4n) is 2.27. The molecule has 1 atom stereocenters. The fourth-order valence-corrected chi connectivity index (χ4v) is 2.27. The Morgan fingerprint density at radius 3 is 2.61 bits per heavy atom. The number of rotatable bonds is 7. The van der Waals surface area contributed by atoms with Crippen LogP contribution in [0.4, 0.5) is 0 Å². The van der Waals surface area contributed by atoms with Crippen molar-refractivity contribution in [1.29, 1.82) is 0 Å². The summed E-state index contributed by atoms with van der Waals surface area (Å²) in [6, 6.07) is 0.613. The first kappa shape index (κ1) is 15.4. The highest BCUT2D eigenvalue weighted by Crippen LogP contribution is 2.15. The molecule has 1 fully saturated rings. The van der Waals surface area contributed by atoms with Gasteiger partial charge in [-0.3, -0.25) is 4.79 Å². The molecule has 1 aliphatic heterocycles. The van der Waals surface area contributed by atoms with Crippen LogP contribution >= 0.6 is 0 Å². The van der Waals surface area contributed by atoms with Crippen LogP contribution in [-0.4, -0.2) is 54.4 Å². The molecule has 0 aliphatic carbocycles. The zero-order chi connectivity index (χ0) is 13.6. The van der Waals surface area contributed by atoms with Crippen LogP contribution in [0.5, 0.6) is 0 Å². The Labute approximate surface area is 109 Å². The van der Waals surface area contributed by atoms with Crippen molar-refractivity contribution in [3.63, 3.8) is 0 Å². The third-order valence-corrected chi connectivity index (χ3v) is 3.76. The number of carboxylic acids is 1. The van der Waals surface area contributed by atoms with E-state index in [1.165, 1.54) is 0 Å². The monoisotopic (exact) mass is 258 g/mol. The summed E-state index contributed by atoms with van der Waals surface area (Å²) in [5.74, 6) is -0.916. The number of nitrogens with zero attached hydrogens (tertiary/aromatic N) is 1. The summed E-state index contributed by atoms with van der Waals surface area (Å²) in [7, 11) is 2.13. The molecule has 0 spiro atoms. The van der Waals surface area contributed by atoms with Crippen LogP contribution in [0.2, 0.25) is 0 Å². The molecule has 0 amide bonds. The molecule has 0 radical (unpaired) electrons. The number of unbranched alkanes of at least 4 members (excludes halogenated alkanes) is 1. The van der Waals surface area contributed by atoms with Gasteiger partial charge >= 0.3 is 5.97 Å². The molecule has 1 saturated heterocycles. The molecule has 0 aromatic heterocycles. The lowest BCUT2D eigenvalue weighted by Gasteiger charge is -2.31. The van der Waals surface area contributed by atoms with Crippen molar-refractivity contribution in [2.24, 2.45) is 5.73 Å². The quantitative estimate of drug-likeness (QED) is 0.668. The molecule has 1 unspecified atom stereocenters. The van der Waals surface area contributed by atoms with Crippen LogP contribution in [0.15, 0.2) is 0 Å². The maximum atomic E-state index is 10.8. The van der Waals surface area contributed by atoms with E-state index in [1.54, 1.807) is 6.92 Å². The lowest BCUT2D eigenvalue weighted by molar-refractivity contribution is -0.142. The van der Waals surface area contributed by atoms with Gasteiger partial charge in [-0.2, -0.15) is 0 Å². The van der Waals surface area contributed by atoms with E-state index in [0.717, 1.165) is 45.4 Å². The average Bonchev–Trinajstić information content (AvgIpc) is 2.35. The molecule has 1 aliphatic rings. The van der Waals surface area contributed by atoms with Crippen LogP contribution in [0.3, 0.4) is 0 Å². The zero-order valence-electron chi connectivity index (χ0n) is 11.5. The summed E-state index contributed by atoms with van der Waals surface area (Å²) in [5, 5.41) is 8.90. The highest BCUT2D eigenvalue weighted by Gasteiger charge is 2.27.